The summed E-state index contributed by atoms with van der Waals surface area (Å²) in [5, 5.41) is 0. The summed E-state index contributed by atoms with van der Waals surface area (Å²) in [7, 11) is 0. The average Bonchev–Trinajstić information content (AvgIpc) is 2.63. The molecule has 1 aromatic heterocycles. The lowest BCUT2D eigenvalue weighted by molar-refractivity contribution is -0.137. The number of hydrogen-bond donors (Lipinski definition) is 1. The largest absolute Gasteiger partial charge is 0.426 e. The highest BCUT2D eigenvalue weighted by Gasteiger charge is 2.30. The van der Waals surface area contributed by atoms with Crippen molar-refractivity contribution in [2.45, 2.75) is 6.18 Å². The van der Waals surface area contributed by atoms with Gasteiger partial charge in [-0.3, -0.25) is 0 Å². The second-order valence-electron chi connectivity index (χ2n) is 3.16. The fourth-order valence-corrected chi connectivity index (χ4v) is 1.43. The molecule has 0 radical (unpaired) electrons. The first-order chi connectivity index (χ1) is 7.95. The summed E-state index contributed by atoms with van der Waals surface area (Å²) in [6.07, 6.45) is -2.86. The van der Waals surface area contributed by atoms with E-state index < -0.39 is 11.7 Å². The maximum absolute atomic E-state index is 12.3. The molecule has 90 valence electrons. The van der Waals surface area contributed by atoms with Gasteiger partial charge in [0.25, 0.3) is 6.01 Å². The monoisotopic (exact) mass is 306 g/mol. The van der Waals surface area contributed by atoms with Crippen LogP contribution in [-0.2, 0) is 6.18 Å². The summed E-state index contributed by atoms with van der Waals surface area (Å²) in [6.45, 7) is 0. The number of alkyl halides is 3. The Morgan fingerprint density at radius 1 is 1.18 bits per heavy atom. The van der Waals surface area contributed by atoms with Gasteiger partial charge in [-0.05, 0) is 40.2 Å². The summed E-state index contributed by atoms with van der Waals surface area (Å²) in [4.78, 5) is 6.57. The normalized spacial score (nSPS) is 11.5. The predicted octanol–water partition coefficient (Wildman–Crippen LogP) is 3.98. The van der Waals surface area contributed by atoms with Gasteiger partial charge in [0.1, 0.15) is 10.4 Å². The van der Waals surface area contributed by atoms with Gasteiger partial charge in [-0.1, -0.05) is 0 Å². The quantitative estimate of drug-likeness (QED) is 0.911. The van der Waals surface area contributed by atoms with Gasteiger partial charge in [0.2, 0.25) is 0 Å². The highest BCUT2D eigenvalue weighted by molar-refractivity contribution is 9.10. The van der Waals surface area contributed by atoms with Crippen molar-refractivity contribution in [2.75, 3.05) is 0 Å². The summed E-state index contributed by atoms with van der Waals surface area (Å²) < 4.78 is 42.7. The molecule has 7 heteroatoms. The Balaban J connectivity index is 2.13. The molecule has 0 fully saturated rings. The van der Waals surface area contributed by atoms with Crippen molar-refractivity contribution in [2.24, 2.45) is 0 Å². The van der Waals surface area contributed by atoms with E-state index in [0.717, 1.165) is 12.1 Å². The number of hydrogen-bond acceptors (Lipinski definition) is 2. The molecule has 1 aromatic carbocycles. The van der Waals surface area contributed by atoms with Gasteiger partial charge in [0.05, 0.1) is 11.8 Å². The Hall–Kier alpha value is -1.50. The molecular weight excluding hydrogens is 301 g/mol. The average molecular weight is 307 g/mol. The topological polar surface area (TPSA) is 37.9 Å². The van der Waals surface area contributed by atoms with Crippen LogP contribution in [0.4, 0.5) is 13.2 Å². The van der Waals surface area contributed by atoms with Crippen molar-refractivity contribution in [1.29, 1.82) is 0 Å². The highest BCUT2D eigenvalue weighted by Crippen LogP contribution is 2.31. The van der Waals surface area contributed by atoms with E-state index in [2.05, 4.69) is 25.9 Å². The summed E-state index contributed by atoms with van der Waals surface area (Å²) in [5.74, 6) is 0.278. The van der Waals surface area contributed by atoms with E-state index in [4.69, 9.17) is 4.74 Å². The maximum atomic E-state index is 12.3. The van der Waals surface area contributed by atoms with Crippen LogP contribution in [-0.4, -0.2) is 9.97 Å². The fourth-order valence-electron chi connectivity index (χ4n) is 1.16. The van der Waals surface area contributed by atoms with Gasteiger partial charge in [0, 0.05) is 0 Å². The van der Waals surface area contributed by atoms with Crippen LogP contribution in [0.15, 0.2) is 35.1 Å². The number of H-pyrrole nitrogens is 1. The Morgan fingerprint density at radius 2 is 1.82 bits per heavy atom. The molecule has 0 aliphatic carbocycles. The zero-order valence-corrected chi connectivity index (χ0v) is 9.84. The fraction of sp³-hybridized carbons (Fsp3) is 0.100. The maximum Gasteiger partial charge on any atom is 0.416 e. The standard InChI is InChI=1S/C10H6BrF3N2O/c11-8-5-15-9(16-8)17-7-3-1-6(2-4-7)10(12,13)14/h1-5H,(H,15,16). The van der Waals surface area contributed by atoms with Crippen molar-refractivity contribution in [3.05, 3.63) is 40.6 Å². The SMILES string of the molecule is FC(F)(F)c1ccc(Oc2ncc(Br)[nH]2)cc1. The third-order valence-electron chi connectivity index (χ3n) is 1.92. The number of nitrogens with zero attached hydrogens (tertiary/aromatic N) is 1. The summed E-state index contributed by atoms with van der Waals surface area (Å²) in [6, 6.07) is 4.58. The lowest BCUT2D eigenvalue weighted by atomic mass is 10.2. The molecule has 0 spiro atoms. The molecule has 0 amide bonds. The first kappa shape index (κ1) is 12.0. The summed E-state index contributed by atoms with van der Waals surface area (Å²) >= 11 is 3.14. The summed E-state index contributed by atoms with van der Waals surface area (Å²) in [5.41, 5.74) is -0.717. The van der Waals surface area contributed by atoms with E-state index in [1.165, 1.54) is 18.3 Å². The molecule has 0 saturated heterocycles. The minimum atomic E-state index is -4.34. The van der Waals surface area contributed by atoms with Gasteiger partial charge >= 0.3 is 6.18 Å². The zero-order chi connectivity index (χ0) is 12.5. The molecule has 0 aliphatic heterocycles. The Morgan fingerprint density at radius 3 is 2.29 bits per heavy atom. The molecule has 0 unspecified atom stereocenters. The van der Waals surface area contributed by atoms with Crippen LogP contribution in [0.3, 0.4) is 0 Å². The van der Waals surface area contributed by atoms with Crippen molar-refractivity contribution in [3.8, 4) is 11.8 Å². The van der Waals surface area contributed by atoms with Crippen LogP contribution in [0.25, 0.3) is 0 Å². The van der Waals surface area contributed by atoms with Crippen molar-refractivity contribution < 1.29 is 17.9 Å². The first-order valence-electron chi connectivity index (χ1n) is 4.51. The number of imidazole rings is 1. The molecule has 1 heterocycles. The minimum absolute atomic E-state index is 0.205. The lowest BCUT2D eigenvalue weighted by Crippen LogP contribution is -2.04. The zero-order valence-electron chi connectivity index (χ0n) is 8.25. The molecule has 0 atom stereocenters. The van der Waals surface area contributed by atoms with Crippen LogP contribution in [0.1, 0.15) is 5.56 Å². The number of halogens is 4. The van der Waals surface area contributed by atoms with Crippen LogP contribution >= 0.6 is 15.9 Å². The number of ether oxygens (including phenoxy) is 1. The van der Waals surface area contributed by atoms with Gasteiger partial charge in [0.15, 0.2) is 0 Å². The number of rotatable bonds is 2. The number of aromatic amines is 1. The third-order valence-corrected chi connectivity index (χ3v) is 2.32. The van der Waals surface area contributed by atoms with E-state index in [9.17, 15) is 13.2 Å². The molecule has 3 nitrogen and oxygen atoms in total. The first-order valence-corrected chi connectivity index (χ1v) is 5.30. The highest BCUT2D eigenvalue weighted by atomic mass is 79.9. The second kappa shape index (κ2) is 4.40. The molecule has 0 aliphatic rings. The van der Waals surface area contributed by atoms with Gasteiger partial charge in [-0.25, -0.2) is 4.98 Å². The van der Waals surface area contributed by atoms with E-state index in [1.807, 2.05) is 0 Å². The molecule has 1 N–H and O–H groups in total. The number of benzene rings is 1. The molecule has 0 saturated carbocycles. The Kier molecular flexibility index (Phi) is 3.10. The van der Waals surface area contributed by atoms with Crippen LogP contribution in [0.5, 0.6) is 11.8 Å². The van der Waals surface area contributed by atoms with Crippen molar-refractivity contribution in [1.82, 2.24) is 9.97 Å². The molecule has 0 bridgehead atoms. The number of aromatic nitrogens is 2. The van der Waals surface area contributed by atoms with Crippen molar-refractivity contribution in [3.63, 3.8) is 0 Å². The van der Waals surface area contributed by atoms with E-state index in [1.54, 1.807) is 0 Å². The smallest absolute Gasteiger partial charge is 0.416 e. The number of nitrogens with one attached hydrogen (secondary N) is 1. The molecule has 2 rings (SSSR count). The molecule has 2 aromatic rings. The van der Waals surface area contributed by atoms with Gasteiger partial charge in [-0.2, -0.15) is 13.2 Å². The Labute approximate surface area is 103 Å². The van der Waals surface area contributed by atoms with Crippen LogP contribution < -0.4 is 4.74 Å². The van der Waals surface area contributed by atoms with Crippen LogP contribution in [0.2, 0.25) is 0 Å². The minimum Gasteiger partial charge on any atom is -0.426 e. The van der Waals surface area contributed by atoms with Gasteiger partial charge in [-0.15, -0.1) is 0 Å². The van der Waals surface area contributed by atoms with Crippen molar-refractivity contribution >= 4 is 15.9 Å². The van der Waals surface area contributed by atoms with Crippen LogP contribution in [0, 0.1) is 0 Å². The van der Waals surface area contributed by atoms with E-state index in [-0.39, 0.29) is 11.8 Å². The second-order valence-corrected chi connectivity index (χ2v) is 4.01. The lowest BCUT2D eigenvalue weighted by Gasteiger charge is -2.07. The predicted molar refractivity (Wildman–Crippen MR) is 57.8 cm³/mol. The molecular formula is C10H6BrF3N2O. The van der Waals surface area contributed by atoms with Gasteiger partial charge < -0.3 is 9.72 Å². The Bertz CT molecular complexity index is 507. The third kappa shape index (κ3) is 3.00. The van der Waals surface area contributed by atoms with E-state index >= 15 is 0 Å². The molecule has 17 heavy (non-hydrogen) atoms. The van der Waals surface area contributed by atoms with E-state index in [0.29, 0.717) is 4.60 Å².